The van der Waals surface area contributed by atoms with Crippen LogP contribution in [0.25, 0.3) is 21.3 Å². The van der Waals surface area contributed by atoms with Gasteiger partial charge in [0.2, 0.25) is 0 Å². The van der Waals surface area contributed by atoms with E-state index >= 15 is 0 Å². The van der Waals surface area contributed by atoms with Gasteiger partial charge in [0.15, 0.2) is 5.65 Å². The molecule has 4 rings (SSSR count). The summed E-state index contributed by atoms with van der Waals surface area (Å²) in [5.41, 5.74) is 3.07. The van der Waals surface area contributed by atoms with Crippen LogP contribution in [-0.4, -0.2) is 24.4 Å². The topological polar surface area (TPSA) is 72.9 Å². The van der Waals surface area contributed by atoms with Crippen molar-refractivity contribution in [2.75, 3.05) is 0 Å². The summed E-state index contributed by atoms with van der Waals surface area (Å²) < 4.78 is 4.30. The number of nitrogens with zero attached hydrogens (tertiary/aromatic N) is 4. The first kappa shape index (κ1) is 15.0. The molecule has 0 saturated heterocycles. The number of hydrogen-bond donors (Lipinski definition) is 1. The molecule has 7 heteroatoms. The first-order valence-corrected chi connectivity index (χ1v) is 8.40. The Balaban J connectivity index is 1.86. The third-order valence-corrected chi connectivity index (χ3v) is 5.13. The zero-order valence-electron chi connectivity index (χ0n) is 13.4. The van der Waals surface area contributed by atoms with Crippen LogP contribution in [0.1, 0.15) is 16.1 Å². The molecule has 4 aromatic rings. The van der Waals surface area contributed by atoms with E-state index in [0.29, 0.717) is 12.1 Å². The fraction of sp³-hybridized carbons (Fsp3) is 0.235. The predicted octanol–water partition coefficient (Wildman–Crippen LogP) is 2.19. The number of fused-ring (bicyclic) bond motifs is 3. The van der Waals surface area contributed by atoms with Gasteiger partial charge in [-0.2, -0.15) is 5.10 Å². The summed E-state index contributed by atoms with van der Waals surface area (Å²) in [6.07, 6.45) is 1.74. The highest BCUT2D eigenvalue weighted by molar-refractivity contribution is 7.19. The second-order valence-electron chi connectivity index (χ2n) is 5.79. The van der Waals surface area contributed by atoms with Crippen molar-refractivity contribution in [2.45, 2.75) is 20.1 Å². The lowest BCUT2D eigenvalue weighted by Crippen LogP contribution is -2.24. The number of hydrogen-bond acceptors (Lipinski definition) is 5. The molecular formula is C17H16N4O2S. The van der Waals surface area contributed by atoms with E-state index in [9.17, 15) is 9.90 Å². The molecular weight excluding hydrogens is 324 g/mol. The standard InChI is InChI=1S/C17H16N4O2S/c1-10-19-16-15(24-10)13-7-18-21(17(23)14(13)20(16)2)8-11-4-3-5-12(6-11)9-22/h3-7,22H,8-9H2,1-2H3. The summed E-state index contributed by atoms with van der Waals surface area (Å²) in [4.78, 5) is 17.4. The molecule has 122 valence electrons. The molecule has 3 heterocycles. The van der Waals surface area contributed by atoms with Gasteiger partial charge in [0, 0.05) is 12.4 Å². The molecule has 0 unspecified atom stereocenters. The van der Waals surface area contributed by atoms with Gasteiger partial charge in [-0.25, -0.2) is 9.67 Å². The van der Waals surface area contributed by atoms with Crippen molar-refractivity contribution >= 4 is 32.6 Å². The molecule has 1 N–H and O–H groups in total. The number of aryl methyl sites for hydroxylation is 2. The normalized spacial score (nSPS) is 11.6. The van der Waals surface area contributed by atoms with Gasteiger partial charge in [-0.1, -0.05) is 24.3 Å². The first-order valence-electron chi connectivity index (χ1n) is 7.59. The van der Waals surface area contributed by atoms with Crippen LogP contribution in [0.15, 0.2) is 35.3 Å². The van der Waals surface area contributed by atoms with Crippen LogP contribution in [0.2, 0.25) is 0 Å². The predicted molar refractivity (Wildman–Crippen MR) is 94.4 cm³/mol. The molecule has 24 heavy (non-hydrogen) atoms. The lowest BCUT2D eigenvalue weighted by atomic mass is 10.1. The van der Waals surface area contributed by atoms with Gasteiger partial charge >= 0.3 is 0 Å². The molecule has 0 spiro atoms. The molecule has 6 nitrogen and oxygen atoms in total. The third kappa shape index (κ3) is 2.24. The van der Waals surface area contributed by atoms with Gasteiger partial charge in [-0.15, -0.1) is 11.3 Å². The second kappa shape index (κ2) is 5.54. The van der Waals surface area contributed by atoms with Crippen LogP contribution < -0.4 is 5.56 Å². The van der Waals surface area contributed by atoms with Gasteiger partial charge in [-0.3, -0.25) is 4.79 Å². The molecule has 0 aliphatic rings. The summed E-state index contributed by atoms with van der Waals surface area (Å²) in [5.74, 6) is 0. The van der Waals surface area contributed by atoms with Crippen molar-refractivity contribution in [3.05, 3.63) is 57.0 Å². The van der Waals surface area contributed by atoms with E-state index in [1.807, 2.05) is 42.8 Å². The van der Waals surface area contributed by atoms with E-state index in [-0.39, 0.29) is 12.2 Å². The molecule has 0 radical (unpaired) electrons. The monoisotopic (exact) mass is 340 g/mol. The molecule has 0 bridgehead atoms. The SMILES string of the molecule is Cc1nc2c(s1)c1cnn(Cc3cccc(CO)c3)c(=O)c1n2C. The number of aliphatic hydroxyl groups excluding tert-OH is 1. The van der Waals surface area contributed by atoms with Gasteiger partial charge in [0.05, 0.1) is 29.1 Å². The molecule has 0 aliphatic carbocycles. The number of aliphatic hydroxyl groups is 1. The van der Waals surface area contributed by atoms with Crippen molar-refractivity contribution in [1.29, 1.82) is 0 Å². The highest BCUT2D eigenvalue weighted by Crippen LogP contribution is 2.30. The van der Waals surface area contributed by atoms with Crippen molar-refractivity contribution in [2.24, 2.45) is 7.05 Å². The third-order valence-electron chi connectivity index (χ3n) is 4.14. The summed E-state index contributed by atoms with van der Waals surface area (Å²) in [6.45, 7) is 2.31. The van der Waals surface area contributed by atoms with Crippen molar-refractivity contribution in [1.82, 2.24) is 19.3 Å². The molecule has 0 saturated carbocycles. The minimum Gasteiger partial charge on any atom is -0.392 e. The first-order chi connectivity index (χ1) is 11.6. The van der Waals surface area contributed by atoms with Crippen LogP contribution >= 0.6 is 11.3 Å². The zero-order chi connectivity index (χ0) is 16.8. The van der Waals surface area contributed by atoms with E-state index in [4.69, 9.17) is 0 Å². The van der Waals surface area contributed by atoms with E-state index in [0.717, 1.165) is 31.9 Å². The maximum atomic E-state index is 12.9. The van der Waals surface area contributed by atoms with Crippen LogP contribution in [0.5, 0.6) is 0 Å². The van der Waals surface area contributed by atoms with Crippen LogP contribution in [-0.2, 0) is 20.2 Å². The number of rotatable bonds is 3. The van der Waals surface area contributed by atoms with Gasteiger partial charge in [-0.05, 0) is 18.1 Å². The molecule has 1 aromatic carbocycles. The summed E-state index contributed by atoms with van der Waals surface area (Å²) in [5, 5.41) is 15.4. The average Bonchev–Trinajstić information content (AvgIpc) is 3.08. The fourth-order valence-electron chi connectivity index (χ4n) is 3.01. The lowest BCUT2D eigenvalue weighted by Gasteiger charge is -2.07. The maximum Gasteiger partial charge on any atom is 0.291 e. The Bertz CT molecular complexity index is 1120. The highest BCUT2D eigenvalue weighted by Gasteiger charge is 2.17. The number of aromatic nitrogens is 4. The van der Waals surface area contributed by atoms with Crippen LogP contribution in [0.3, 0.4) is 0 Å². The van der Waals surface area contributed by atoms with Gasteiger partial charge in [0.25, 0.3) is 5.56 Å². The van der Waals surface area contributed by atoms with Crippen molar-refractivity contribution in [3.8, 4) is 0 Å². The van der Waals surface area contributed by atoms with Gasteiger partial charge in [0.1, 0.15) is 5.52 Å². The summed E-state index contributed by atoms with van der Waals surface area (Å²) >= 11 is 1.58. The van der Waals surface area contributed by atoms with E-state index in [1.54, 1.807) is 17.5 Å². The van der Waals surface area contributed by atoms with Gasteiger partial charge < -0.3 is 9.67 Å². The van der Waals surface area contributed by atoms with Crippen LogP contribution in [0.4, 0.5) is 0 Å². The second-order valence-corrected chi connectivity index (χ2v) is 7.00. The summed E-state index contributed by atoms with van der Waals surface area (Å²) in [6, 6.07) is 7.52. The van der Waals surface area contributed by atoms with E-state index in [1.165, 1.54) is 4.68 Å². The molecule has 0 atom stereocenters. The smallest absolute Gasteiger partial charge is 0.291 e. The Morgan fingerprint density at radius 1 is 1.29 bits per heavy atom. The maximum absolute atomic E-state index is 12.9. The lowest BCUT2D eigenvalue weighted by molar-refractivity contribution is 0.281. The summed E-state index contributed by atoms with van der Waals surface area (Å²) in [7, 11) is 1.86. The van der Waals surface area contributed by atoms with E-state index < -0.39 is 0 Å². The van der Waals surface area contributed by atoms with Crippen molar-refractivity contribution in [3.63, 3.8) is 0 Å². The zero-order valence-corrected chi connectivity index (χ0v) is 14.2. The fourth-order valence-corrected chi connectivity index (χ4v) is 3.97. The number of benzene rings is 1. The molecule has 0 amide bonds. The Morgan fingerprint density at radius 3 is 2.88 bits per heavy atom. The van der Waals surface area contributed by atoms with Crippen molar-refractivity contribution < 1.29 is 5.11 Å². The minimum absolute atomic E-state index is 0.0195. The minimum atomic E-state index is -0.132. The Kier molecular flexibility index (Phi) is 3.47. The molecule has 0 aliphatic heterocycles. The van der Waals surface area contributed by atoms with E-state index in [2.05, 4.69) is 10.1 Å². The Hall–Kier alpha value is -2.51. The largest absolute Gasteiger partial charge is 0.392 e. The highest BCUT2D eigenvalue weighted by atomic mass is 32.1. The van der Waals surface area contributed by atoms with Crippen LogP contribution in [0, 0.1) is 6.92 Å². The molecule has 0 fully saturated rings. The average molecular weight is 340 g/mol. The quantitative estimate of drug-likeness (QED) is 0.620. The Morgan fingerprint density at radius 2 is 2.08 bits per heavy atom. The Labute approximate surface area is 141 Å². The number of thiazole rings is 1. The molecule has 3 aromatic heterocycles.